The maximum Gasteiger partial charge on any atom is 0.166 e. The number of hydrogen-bond acceptors (Lipinski definition) is 5. The molecule has 0 amide bonds. The maximum absolute atomic E-state index is 9.79. The van der Waals surface area contributed by atoms with Crippen LogP contribution in [-0.4, -0.2) is 21.9 Å². The third-order valence-electron chi connectivity index (χ3n) is 2.96. The first kappa shape index (κ1) is 13.6. The van der Waals surface area contributed by atoms with E-state index in [2.05, 4.69) is 10.3 Å². The third kappa shape index (κ3) is 3.38. The quantitative estimate of drug-likeness (QED) is 0.792. The molecule has 2 aromatic carbocycles. The summed E-state index contributed by atoms with van der Waals surface area (Å²) in [5, 5.41) is 23.2. The Bertz CT molecular complexity index is 711. The number of nitrogens with one attached hydrogen (secondary N) is 1. The fourth-order valence-corrected chi connectivity index (χ4v) is 2.81. The molecular weight excluding hydrogens is 284 g/mol. The van der Waals surface area contributed by atoms with E-state index in [0.717, 1.165) is 15.8 Å². The highest BCUT2D eigenvalue weighted by atomic mass is 32.2. The number of hydrogen-bond donors (Lipinski definition) is 3. The predicted molar refractivity (Wildman–Crippen MR) is 87.7 cm³/mol. The lowest BCUT2D eigenvalue weighted by atomic mass is 10.2. The Kier molecular flexibility index (Phi) is 3.83. The van der Waals surface area contributed by atoms with Gasteiger partial charge in [0.2, 0.25) is 0 Å². The van der Waals surface area contributed by atoms with Gasteiger partial charge in [0.05, 0.1) is 6.54 Å². The number of amidine groups is 1. The van der Waals surface area contributed by atoms with Crippen LogP contribution in [0.4, 0.5) is 5.69 Å². The lowest BCUT2D eigenvalue weighted by Crippen LogP contribution is -2.03. The molecule has 0 aliphatic carbocycles. The smallest absolute Gasteiger partial charge is 0.166 e. The summed E-state index contributed by atoms with van der Waals surface area (Å²) < 4.78 is 0. The van der Waals surface area contributed by atoms with E-state index in [1.807, 2.05) is 36.4 Å². The second-order valence-corrected chi connectivity index (χ2v) is 5.68. The minimum absolute atomic E-state index is 0.0522. The first-order valence-electron chi connectivity index (χ1n) is 6.47. The molecule has 1 aliphatic heterocycles. The van der Waals surface area contributed by atoms with E-state index < -0.39 is 0 Å². The molecule has 0 atom stereocenters. The van der Waals surface area contributed by atoms with Crippen LogP contribution in [0, 0.1) is 0 Å². The molecule has 106 valence electrons. The molecule has 1 heterocycles. The normalized spacial score (nSPS) is 16.0. The van der Waals surface area contributed by atoms with Crippen molar-refractivity contribution in [3.63, 3.8) is 0 Å². The first-order chi connectivity index (χ1) is 10.2. The summed E-state index contributed by atoms with van der Waals surface area (Å²) in [6.45, 7) is 0.583. The predicted octanol–water partition coefficient (Wildman–Crippen LogP) is 3.65. The summed E-state index contributed by atoms with van der Waals surface area (Å²) in [7, 11) is 0. The maximum atomic E-state index is 9.79. The third-order valence-corrected chi connectivity index (χ3v) is 3.90. The summed E-state index contributed by atoms with van der Waals surface area (Å²) in [6.07, 6.45) is 1.88. The Labute approximate surface area is 126 Å². The highest BCUT2D eigenvalue weighted by Gasteiger charge is 2.13. The van der Waals surface area contributed by atoms with Gasteiger partial charge in [0.1, 0.15) is 11.5 Å². The van der Waals surface area contributed by atoms with Crippen molar-refractivity contribution < 1.29 is 10.2 Å². The fourth-order valence-electron chi connectivity index (χ4n) is 1.95. The van der Waals surface area contributed by atoms with E-state index >= 15 is 0 Å². The van der Waals surface area contributed by atoms with Gasteiger partial charge >= 0.3 is 0 Å². The Hall–Kier alpha value is -2.40. The second-order valence-electron chi connectivity index (χ2n) is 4.57. The number of aliphatic imine (C=N–C) groups is 1. The topological polar surface area (TPSA) is 64.9 Å². The fraction of sp³-hybridized carbons (Fsp3) is 0.0625. The van der Waals surface area contributed by atoms with Crippen LogP contribution in [0.3, 0.4) is 0 Å². The monoisotopic (exact) mass is 298 g/mol. The summed E-state index contributed by atoms with van der Waals surface area (Å²) >= 11 is 1.54. The Morgan fingerprint density at radius 1 is 1.10 bits per heavy atom. The standard InChI is InChI=1S/C16H14N2O2S/c19-13-7-6-11(15(20)9-13)8-14-10-17-16(21-14)18-12-4-2-1-3-5-12/h1-9,19-20H,10H2,(H,17,18)/b14-8-. The van der Waals surface area contributed by atoms with Gasteiger partial charge in [0.25, 0.3) is 0 Å². The van der Waals surface area contributed by atoms with Crippen molar-refractivity contribution in [1.82, 2.24) is 0 Å². The van der Waals surface area contributed by atoms with Gasteiger partial charge in [-0.05, 0) is 30.3 Å². The SMILES string of the molecule is Oc1ccc(/C=C2/CN=C(Nc3ccccc3)S2)c(O)c1. The molecule has 0 saturated carbocycles. The molecule has 0 radical (unpaired) electrons. The number of phenols is 2. The highest BCUT2D eigenvalue weighted by Crippen LogP contribution is 2.31. The van der Waals surface area contributed by atoms with Gasteiger partial charge < -0.3 is 15.5 Å². The molecule has 1 aliphatic rings. The molecule has 0 saturated heterocycles. The highest BCUT2D eigenvalue weighted by molar-refractivity contribution is 8.17. The van der Waals surface area contributed by atoms with Crippen LogP contribution in [0.1, 0.15) is 5.56 Å². The molecular formula is C16H14N2O2S. The van der Waals surface area contributed by atoms with Crippen molar-refractivity contribution in [2.24, 2.45) is 4.99 Å². The largest absolute Gasteiger partial charge is 0.508 e. The molecule has 5 heteroatoms. The number of aromatic hydroxyl groups is 2. The number of nitrogens with zero attached hydrogens (tertiary/aromatic N) is 1. The minimum Gasteiger partial charge on any atom is -0.508 e. The van der Waals surface area contributed by atoms with E-state index in [4.69, 9.17) is 0 Å². The van der Waals surface area contributed by atoms with Crippen LogP contribution in [0.15, 0.2) is 58.4 Å². The van der Waals surface area contributed by atoms with Gasteiger partial charge in [-0.1, -0.05) is 30.0 Å². The summed E-state index contributed by atoms with van der Waals surface area (Å²) in [5.41, 5.74) is 1.67. The van der Waals surface area contributed by atoms with Crippen LogP contribution >= 0.6 is 11.8 Å². The number of rotatable bonds is 2. The van der Waals surface area contributed by atoms with Crippen LogP contribution in [-0.2, 0) is 0 Å². The number of para-hydroxylation sites is 1. The molecule has 2 aromatic rings. The molecule has 3 N–H and O–H groups in total. The first-order valence-corrected chi connectivity index (χ1v) is 7.29. The summed E-state index contributed by atoms with van der Waals surface area (Å²) in [6, 6.07) is 14.4. The molecule has 0 aromatic heterocycles. The zero-order valence-electron chi connectivity index (χ0n) is 11.2. The molecule has 21 heavy (non-hydrogen) atoms. The number of thioether (sulfide) groups is 1. The van der Waals surface area contributed by atoms with Crippen molar-refractivity contribution in [3.05, 3.63) is 59.0 Å². The molecule has 0 bridgehead atoms. The van der Waals surface area contributed by atoms with Crippen molar-refractivity contribution in [2.45, 2.75) is 0 Å². The van der Waals surface area contributed by atoms with Crippen molar-refractivity contribution >= 4 is 28.7 Å². The van der Waals surface area contributed by atoms with Gasteiger partial charge in [0, 0.05) is 22.2 Å². The average Bonchev–Trinajstić information content (AvgIpc) is 2.90. The van der Waals surface area contributed by atoms with Gasteiger partial charge in [0.15, 0.2) is 5.17 Å². The zero-order chi connectivity index (χ0) is 14.7. The molecule has 0 fully saturated rings. The van der Waals surface area contributed by atoms with Crippen LogP contribution < -0.4 is 5.32 Å². The van der Waals surface area contributed by atoms with Crippen LogP contribution in [0.25, 0.3) is 6.08 Å². The zero-order valence-corrected chi connectivity index (χ0v) is 12.0. The van der Waals surface area contributed by atoms with Crippen molar-refractivity contribution in [1.29, 1.82) is 0 Å². The van der Waals surface area contributed by atoms with E-state index in [-0.39, 0.29) is 11.5 Å². The van der Waals surface area contributed by atoms with E-state index in [1.54, 1.807) is 12.1 Å². The Balaban J connectivity index is 1.69. The van der Waals surface area contributed by atoms with Crippen LogP contribution in [0.2, 0.25) is 0 Å². The number of benzene rings is 2. The lowest BCUT2D eigenvalue weighted by Gasteiger charge is -2.04. The van der Waals surface area contributed by atoms with E-state index in [1.165, 1.54) is 17.8 Å². The summed E-state index contributed by atoms with van der Waals surface area (Å²) in [5.74, 6) is 0.115. The van der Waals surface area contributed by atoms with Gasteiger partial charge in [-0.25, -0.2) is 0 Å². The molecule has 3 rings (SSSR count). The van der Waals surface area contributed by atoms with Crippen LogP contribution in [0.5, 0.6) is 11.5 Å². The van der Waals surface area contributed by atoms with E-state index in [0.29, 0.717) is 12.1 Å². The number of phenolic OH excluding ortho intramolecular Hbond substituents is 2. The molecule has 4 nitrogen and oxygen atoms in total. The van der Waals surface area contributed by atoms with Crippen molar-refractivity contribution in [2.75, 3.05) is 11.9 Å². The lowest BCUT2D eigenvalue weighted by molar-refractivity contribution is 0.450. The Morgan fingerprint density at radius 3 is 2.67 bits per heavy atom. The minimum atomic E-state index is 0.0522. The Morgan fingerprint density at radius 2 is 1.90 bits per heavy atom. The molecule has 0 spiro atoms. The molecule has 0 unspecified atom stereocenters. The second kappa shape index (κ2) is 5.93. The van der Waals surface area contributed by atoms with Gasteiger partial charge in [-0.2, -0.15) is 0 Å². The van der Waals surface area contributed by atoms with E-state index in [9.17, 15) is 10.2 Å². The van der Waals surface area contributed by atoms with Crippen molar-refractivity contribution in [3.8, 4) is 11.5 Å². The summed E-state index contributed by atoms with van der Waals surface area (Å²) in [4.78, 5) is 5.46. The average molecular weight is 298 g/mol. The number of anilines is 1. The van der Waals surface area contributed by atoms with Gasteiger partial charge in [-0.3, -0.25) is 4.99 Å². The van der Waals surface area contributed by atoms with Gasteiger partial charge in [-0.15, -0.1) is 0 Å².